The van der Waals surface area contributed by atoms with E-state index in [1.54, 1.807) is 11.0 Å². The van der Waals surface area contributed by atoms with Crippen LogP contribution in [0.3, 0.4) is 0 Å². The lowest BCUT2D eigenvalue weighted by molar-refractivity contribution is -0.0139. The van der Waals surface area contributed by atoms with Gasteiger partial charge in [0.25, 0.3) is 5.91 Å². The van der Waals surface area contributed by atoms with Crippen molar-refractivity contribution in [1.29, 1.82) is 0 Å². The van der Waals surface area contributed by atoms with Crippen LogP contribution < -0.4 is 10.2 Å². The van der Waals surface area contributed by atoms with Gasteiger partial charge in [0, 0.05) is 57.4 Å². The highest BCUT2D eigenvalue weighted by molar-refractivity contribution is 7.91. The molecule has 4 aliphatic rings. The highest BCUT2D eigenvalue weighted by Gasteiger charge is 2.36. The third kappa shape index (κ3) is 5.90. The molecule has 210 valence electrons. The van der Waals surface area contributed by atoms with Crippen LogP contribution in [0.25, 0.3) is 0 Å². The number of carbonyl (C=O) groups excluding carboxylic acids is 1. The van der Waals surface area contributed by atoms with Crippen LogP contribution in [0.5, 0.6) is 0 Å². The summed E-state index contributed by atoms with van der Waals surface area (Å²) in [6.45, 7) is 4.27. The molecule has 11 heteroatoms. The molecule has 2 aromatic rings. The second kappa shape index (κ2) is 11.0. The quantitative estimate of drug-likeness (QED) is 0.569. The van der Waals surface area contributed by atoms with Gasteiger partial charge in [-0.25, -0.2) is 13.4 Å². The van der Waals surface area contributed by atoms with Crippen molar-refractivity contribution in [3.05, 3.63) is 47.2 Å². The molecule has 3 fully saturated rings. The van der Waals surface area contributed by atoms with E-state index in [4.69, 9.17) is 4.98 Å². The molecule has 6 rings (SSSR count). The highest BCUT2D eigenvalue weighted by Crippen LogP contribution is 2.27. The number of nitrogens with one attached hydrogen (secondary N) is 1. The van der Waals surface area contributed by atoms with E-state index in [2.05, 4.69) is 44.4 Å². The van der Waals surface area contributed by atoms with Gasteiger partial charge >= 0.3 is 0 Å². The SMILES string of the molecule is O=C(c1cc(NC2CCS(=O)(=O)CC2)nc(N2CCCC2)n1)N1CC[C@@H](N2CCc3ccccc3C2)[C@H](O)C1. The third-order valence-electron chi connectivity index (χ3n) is 8.69. The lowest BCUT2D eigenvalue weighted by Gasteiger charge is -2.43. The first-order valence-electron chi connectivity index (χ1n) is 14.2. The number of likely N-dealkylation sites (tertiary alicyclic amines) is 1. The summed E-state index contributed by atoms with van der Waals surface area (Å²) in [6.07, 6.45) is 4.22. The largest absolute Gasteiger partial charge is 0.390 e. The van der Waals surface area contributed by atoms with Gasteiger partial charge < -0.3 is 20.2 Å². The lowest BCUT2D eigenvalue weighted by Crippen LogP contribution is -2.56. The predicted octanol–water partition coefficient (Wildman–Crippen LogP) is 1.70. The second-order valence-electron chi connectivity index (χ2n) is 11.4. The molecule has 10 nitrogen and oxygen atoms in total. The van der Waals surface area contributed by atoms with Gasteiger partial charge in [0.05, 0.1) is 17.6 Å². The second-order valence-corrected chi connectivity index (χ2v) is 13.7. The smallest absolute Gasteiger partial charge is 0.272 e. The predicted molar refractivity (Wildman–Crippen MR) is 150 cm³/mol. The molecule has 39 heavy (non-hydrogen) atoms. The maximum atomic E-state index is 13.7. The van der Waals surface area contributed by atoms with Crippen molar-refractivity contribution in [3.63, 3.8) is 0 Å². The Labute approximate surface area is 230 Å². The molecule has 0 unspecified atom stereocenters. The maximum Gasteiger partial charge on any atom is 0.272 e. The molecule has 0 saturated carbocycles. The van der Waals surface area contributed by atoms with Crippen LogP contribution in [0.2, 0.25) is 0 Å². The van der Waals surface area contributed by atoms with E-state index < -0.39 is 15.9 Å². The van der Waals surface area contributed by atoms with E-state index in [-0.39, 0.29) is 36.0 Å². The average molecular weight is 555 g/mol. The summed E-state index contributed by atoms with van der Waals surface area (Å²) >= 11 is 0. The molecule has 0 spiro atoms. The Morgan fingerprint density at radius 2 is 1.72 bits per heavy atom. The molecular formula is C28H38N6O4S. The number of piperidine rings is 1. The van der Waals surface area contributed by atoms with Gasteiger partial charge in [-0.1, -0.05) is 24.3 Å². The van der Waals surface area contributed by atoms with Crippen LogP contribution >= 0.6 is 0 Å². The number of anilines is 2. The van der Waals surface area contributed by atoms with Gasteiger partial charge in [-0.05, 0) is 49.7 Å². The Kier molecular flexibility index (Phi) is 7.47. The van der Waals surface area contributed by atoms with Crippen LogP contribution in [-0.2, 0) is 22.8 Å². The van der Waals surface area contributed by atoms with Crippen LogP contribution in [-0.4, -0.2) is 102 Å². The number of rotatable bonds is 5. The number of β-amino-alcohol motifs (C(OH)–C–C–N with tert-alkyl or cyclic N) is 1. The molecule has 2 atom stereocenters. The molecule has 1 aromatic heterocycles. The molecule has 4 aliphatic heterocycles. The first-order chi connectivity index (χ1) is 18.8. The summed E-state index contributed by atoms with van der Waals surface area (Å²) < 4.78 is 23.7. The van der Waals surface area contributed by atoms with E-state index in [0.717, 1.165) is 45.4 Å². The van der Waals surface area contributed by atoms with Crippen LogP contribution in [0.15, 0.2) is 30.3 Å². The summed E-state index contributed by atoms with van der Waals surface area (Å²) in [5, 5.41) is 14.5. The fourth-order valence-corrected chi connectivity index (χ4v) is 7.90. The number of hydrogen-bond donors (Lipinski definition) is 2. The van der Waals surface area contributed by atoms with Crippen molar-refractivity contribution in [3.8, 4) is 0 Å². The monoisotopic (exact) mass is 554 g/mol. The summed E-state index contributed by atoms with van der Waals surface area (Å²) in [4.78, 5) is 29.2. The molecule has 1 amide bonds. The molecule has 0 bridgehead atoms. The van der Waals surface area contributed by atoms with Crippen molar-refractivity contribution in [1.82, 2.24) is 19.8 Å². The molecule has 0 aliphatic carbocycles. The standard InChI is InChI=1S/C28H38N6O4S/c35-25-19-34(14-8-24(25)33-13-7-20-5-1-2-6-21(20)18-33)27(36)23-17-26(29-22-9-15-39(37,38)16-10-22)31-28(30-23)32-11-3-4-12-32/h1-2,5-6,17,22,24-25,35H,3-4,7-16,18-19H2,(H,29,30,31)/t24-,25-/m1/s1. The van der Waals surface area contributed by atoms with Gasteiger partial charge in [0.2, 0.25) is 5.95 Å². The number of fused-ring (bicyclic) bond motifs is 1. The minimum absolute atomic E-state index is 0.00922. The molecule has 1 aromatic carbocycles. The van der Waals surface area contributed by atoms with Crippen LogP contribution in [0.4, 0.5) is 11.8 Å². The Hall–Kier alpha value is -2.76. The van der Waals surface area contributed by atoms with Gasteiger partial charge in [-0.3, -0.25) is 9.69 Å². The number of aliphatic hydroxyl groups excluding tert-OH is 1. The van der Waals surface area contributed by atoms with Gasteiger partial charge in [-0.2, -0.15) is 4.98 Å². The van der Waals surface area contributed by atoms with Crippen molar-refractivity contribution in [2.75, 3.05) is 54.4 Å². The Balaban J connectivity index is 1.15. The van der Waals surface area contributed by atoms with E-state index in [9.17, 15) is 18.3 Å². The summed E-state index contributed by atoms with van der Waals surface area (Å²) in [7, 11) is -2.97. The van der Waals surface area contributed by atoms with Crippen molar-refractivity contribution >= 4 is 27.5 Å². The molecule has 2 N–H and O–H groups in total. The Morgan fingerprint density at radius 1 is 0.974 bits per heavy atom. The van der Waals surface area contributed by atoms with Crippen molar-refractivity contribution in [2.24, 2.45) is 0 Å². The maximum absolute atomic E-state index is 13.7. The van der Waals surface area contributed by atoms with E-state index in [0.29, 0.717) is 43.3 Å². The van der Waals surface area contributed by atoms with Crippen molar-refractivity contribution < 1.29 is 18.3 Å². The topological polar surface area (TPSA) is 119 Å². The average Bonchev–Trinajstić information content (AvgIpc) is 3.49. The number of aliphatic hydroxyl groups is 1. The number of benzene rings is 1. The Bertz CT molecular complexity index is 1300. The lowest BCUT2D eigenvalue weighted by atomic mass is 9.94. The first kappa shape index (κ1) is 26.5. The van der Waals surface area contributed by atoms with E-state index in [1.807, 2.05) is 0 Å². The number of nitrogens with zero attached hydrogens (tertiary/aromatic N) is 5. The number of sulfone groups is 1. The number of hydrogen-bond acceptors (Lipinski definition) is 9. The first-order valence-corrected chi connectivity index (χ1v) is 16.1. The van der Waals surface area contributed by atoms with E-state index >= 15 is 0 Å². The van der Waals surface area contributed by atoms with Crippen LogP contribution in [0.1, 0.15) is 53.7 Å². The number of carbonyl (C=O) groups is 1. The minimum Gasteiger partial charge on any atom is -0.390 e. The molecule has 0 radical (unpaired) electrons. The summed E-state index contributed by atoms with van der Waals surface area (Å²) in [5.41, 5.74) is 3.02. The zero-order chi connectivity index (χ0) is 27.0. The summed E-state index contributed by atoms with van der Waals surface area (Å²) in [5.74, 6) is 1.22. The zero-order valence-corrected chi connectivity index (χ0v) is 23.2. The normalized spacial score (nSPS) is 25.9. The van der Waals surface area contributed by atoms with Gasteiger partial charge in [-0.15, -0.1) is 0 Å². The van der Waals surface area contributed by atoms with Gasteiger partial charge in [0.15, 0.2) is 0 Å². The third-order valence-corrected chi connectivity index (χ3v) is 10.4. The fourth-order valence-electron chi connectivity index (χ4n) is 6.41. The van der Waals surface area contributed by atoms with Gasteiger partial charge in [0.1, 0.15) is 21.3 Å². The molecule has 3 saturated heterocycles. The van der Waals surface area contributed by atoms with Crippen LogP contribution in [0, 0.1) is 0 Å². The van der Waals surface area contributed by atoms with Crippen molar-refractivity contribution in [2.45, 2.75) is 63.3 Å². The van der Waals surface area contributed by atoms with E-state index in [1.165, 1.54) is 11.1 Å². The zero-order valence-electron chi connectivity index (χ0n) is 22.3. The number of amides is 1. The molecule has 5 heterocycles. The highest BCUT2D eigenvalue weighted by atomic mass is 32.2. The minimum atomic E-state index is -2.97. The summed E-state index contributed by atoms with van der Waals surface area (Å²) in [6, 6.07) is 10.2. The fraction of sp³-hybridized carbons (Fsp3) is 0.607. The number of aromatic nitrogens is 2. The molecular weight excluding hydrogens is 516 g/mol. The Morgan fingerprint density at radius 3 is 2.46 bits per heavy atom.